The quantitative estimate of drug-likeness (QED) is 0.506. The molecule has 0 heterocycles. The van der Waals surface area contributed by atoms with Crippen molar-refractivity contribution in [2.24, 2.45) is 5.16 Å². The van der Waals surface area contributed by atoms with Gasteiger partial charge < -0.3 is 15.3 Å². The van der Waals surface area contributed by atoms with Crippen LogP contribution in [0.25, 0.3) is 0 Å². The van der Waals surface area contributed by atoms with E-state index in [2.05, 4.69) is 10.5 Å². The molecule has 0 aromatic heterocycles. The van der Waals surface area contributed by atoms with Gasteiger partial charge >= 0.3 is 0 Å². The second-order valence-corrected chi connectivity index (χ2v) is 4.88. The number of aryl methyl sites for hydroxylation is 1. The van der Waals surface area contributed by atoms with Crippen molar-refractivity contribution in [3.63, 3.8) is 0 Å². The Balaban J connectivity index is 1.98. The Morgan fingerprint density at radius 3 is 2.55 bits per heavy atom. The van der Waals surface area contributed by atoms with Crippen molar-refractivity contribution in [1.82, 2.24) is 0 Å². The van der Waals surface area contributed by atoms with E-state index >= 15 is 0 Å². The highest BCUT2D eigenvalue weighted by atomic mass is 16.5. The first-order valence-corrected chi connectivity index (χ1v) is 6.87. The van der Waals surface area contributed by atoms with E-state index in [1.54, 1.807) is 25.1 Å². The molecule has 0 aliphatic heterocycles. The Morgan fingerprint density at radius 1 is 1.18 bits per heavy atom. The number of amides is 1. The van der Waals surface area contributed by atoms with E-state index in [1.807, 2.05) is 37.3 Å². The van der Waals surface area contributed by atoms with E-state index in [0.717, 1.165) is 11.3 Å². The highest BCUT2D eigenvalue weighted by Crippen LogP contribution is 2.19. The molecule has 0 unspecified atom stereocenters. The lowest BCUT2D eigenvalue weighted by atomic mass is 10.1. The van der Waals surface area contributed by atoms with Crippen LogP contribution in [0.5, 0.6) is 5.75 Å². The highest BCUT2D eigenvalue weighted by Gasteiger charge is 2.09. The molecule has 0 radical (unpaired) electrons. The van der Waals surface area contributed by atoms with Gasteiger partial charge in [0.25, 0.3) is 5.91 Å². The van der Waals surface area contributed by atoms with Crippen LogP contribution in [0.1, 0.15) is 18.1 Å². The van der Waals surface area contributed by atoms with Crippen molar-refractivity contribution in [3.8, 4) is 5.75 Å². The summed E-state index contributed by atoms with van der Waals surface area (Å²) >= 11 is 0. The van der Waals surface area contributed by atoms with Crippen molar-refractivity contribution >= 4 is 17.3 Å². The van der Waals surface area contributed by atoms with Crippen molar-refractivity contribution in [2.75, 3.05) is 11.9 Å². The third-order valence-electron chi connectivity index (χ3n) is 3.12. The van der Waals surface area contributed by atoms with Gasteiger partial charge in [-0.1, -0.05) is 35.0 Å². The summed E-state index contributed by atoms with van der Waals surface area (Å²) < 4.78 is 5.51. The maximum atomic E-state index is 11.9. The first kappa shape index (κ1) is 15.6. The standard InChI is InChI=1S/C17H18N2O3/c1-12-7-9-14(10-8-12)18-17(20)11-22-16-6-4-3-5-15(16)13(2)19-21/h3-10,21H,11H2,1-2H3,(H,18,20)/b19-13+. The summed E-state index contributed by atoms with van der Waals surface area (Å²) in [6.45, 7) is 3.52. The predicted octanol–water partition coefficient (Wildman–Crippen LogP) is 3.21. The molecule has 1 amide bonds. The second-order valence-electron chi connectivity index (χ2n) is 4.88. The number of carbonyl (C=O) groups excluding carboxylic acids is 1. The lowest BCUT2D eigenvalue weighted by Gasteiger charge is -2.11. The SMILES string of the molecule is C/C(=N\O)c1ccccc1OCC(=O)Nc1ccc(C)cc1. The van der Waals surface area contributed by atoms with Gasteiger partial charge in [0.05, 0.1) is 5.71 Å². The molecule has 5 heteroatoms. The average Bonchev–Trinajstić information content (AvgIpc) is 2.54. The lowest BCUT2D eigenvalue weighted by Crippen LogP contribution is -2.20. The molecule has 0 fully saturated rings. The Bertz CT molecular complexity index is 679. The van der Waals surface area contributed by atoms with E-state index < -0.39 is 0 Å². The molecule has 0 saturated heterocycles. The number of rotatable bonds is 5. The molecule has 0 bridgehead atoms. The van der Waals surface area contributed by atoms with E-state index in [9.17, 15) is 4.79 Å². The maximum absolute atomic E-state index is 11.9. The number of nitrogens with one attached hydrogen (secondary N) is 1. The summed E-state index contributed by atoms with van der Waals surface area (Å²) in [6.07, 6.45) is 0. The number of carbonyl (C=O) groups is 1. The average molecular weight is 298 g/mol. The van der Waals surface area contributed by atoms with Gasteiger partial charge in [0.15, 0.2) is 6.61 Å². The molecule has 2 rings (SSSR count). The summed E-state index contributed by atoms with van der Waals surface area (Å²) in [5.41, 5.74) is 2.92. The fourth-order valence-corrected chi connectivity index (χ4v) is 1.92. The Labute approximate surface area is 129 Å². The third-order valence-corrected chi connectivity index (χ3v) is 3.12. The monoisotopic (exact) mass is 298 g/mol. The molecule has 2 aromatic rings. The predicted molar refractivity (Wildman–Crippen MR) is 85.7 cm³/mol. The summed E-state index contributed by atoms with van der Waals surface area (Å²) in [6, 6.07) is 14.6. The van der Waals surface area contributed by atoms with Crippen molar-refractivity contribution in [1.29, 1.82) is 0 Å². The number of hydrogen-bond donors (Lipinski definition) is 2. The number of ether oxygens (including phenoxy) is 1. The minimum Gasteiger partial charge on any atom is -0.483 e. The Kier molecular flexibility index (Phi) is 5.14. The van der Waals surface area contributed by atoms with Crippen molar-refractivity contribution in [2.45, 2.75) is 13.8 Å². The molecule has 5 nitrogen and oxygen atoms in total. The molecule has 2 N–H and O–H groups in total. The highest BCUT2D eigenvalue weighted by molar-refractivity contribution is 6.00. The van der Waals surface area contributed by atoms with Crippen LogP contribution in [-0.4, -0.2) is 23.4 Å². The van der Waals surface area contributed by atoms with E-state index in [-0.39, 0.29) is 12.5 Å². The largest absolute Gasteiger partial charge is 0.483 e. The number of benzene rings is 2. The fraction of sp³-hybridized carbons (Fsp3) is 0.176. The van der Waals surface area contributed by atoms with Crippen LogP contribution in [0.2, 0.25) is 0 Å². The van der Waals surface area contributed by atoms with E-state index in [1.165, 1.54) is 0 Å². The van der Waals surface area contributed by atoms with Crippen LogP contribution in [0.4, 0.5) is 5.69 Å². The van der Waals surface area contributed by atoms with Crippen molar-refractivity contribution < 1.29 is 14.7 Å². The molecule has 22 heavy (non-hydrogen) atoms. The zero-order valence-electron chi connectivity index (χ0n) is 12.5. The molecule has 0 aliphatic carbocycles. The molecular weight excluding hydrogens is 280 g/mol. The number of oxime groups is 1. The maximum Gasteiger partial charge on any atom is 0.262 e. The van der Waals surface area contributed by atoms with Gasteiger partial charge in [-0.3, -0.25) is 4.79 Å². The van der Waals surface area contributed by atoms with Gasteiger partial charge in [0.1, 0.15) is 5.75 Å². The Morgan fingerprint density at radius 2 is 1.86 bits per heavy atom. The fourth-order valence-electron chi connectivity index (χ4n) is 1.92. The summed E-state index contributed by atoms with van der Waals surface area (Å²) in [7, 11) is 0. The van der Waals surface area contributed by atoms with Crippen LogP contribution in [0.15, 0.2) is 53.7 Å². The van der Waals surface area contributed by atoms with E-state index in [4.69, 9.17) is 9.94 Å². The molecule has 0 atom stereocenters. The minimum absolute atomic E-state index is 0.121. The summed E-state index contributed by atoms with van der Waals surface area (Å²) in [5.74, 6) is 0.245. The number of para-hydroxylation sites is 1. The third kappa shape index (κ3) is 4.09. The zero-order valence-corrected chi connectivity index (χ0v) is 12.5. The van der Waals surface area contributed by atoms with Gasteiger partial charge in [0, 0.05) is 11.3 Å². The van der Waals surface area contributed by atoms with Crippen LogP contribution in [0.3, 0.4) is 0 Å². The number of anilines is 1. The second kappa shape index (κ2) is 7.26. The van der Waals surface area contributed by atoms with Gasteiger partial charge in [-0.2, -0.15) is 0 Å². The van der Waals surface area contributed by atoms with Crippen molar-refractivity contribution in [3.05, 3.63) is 59.7 Å². The topological polar surface area (TPSA) is 70.9 Å². The molecule has 0 saturated carbocycles. The first-order chi connectivity index (χ1) is 10.6. The van der Waals surface area contributed by atoms with Gasteiger partial charge in [-0.15, -0.1) is 0 Å². The molecule has 0 spiro atoms. The molecule has 0 aliphatic rings. The summed E-state index contributed by atoms with van der Waals surface area (Å²) in [5, 5.41) is 14.8. The molecular formula is C17H18N2O3. The molecule has 2 aromatic carbocycles. The first-order valence-electron chi connectivity index (χ1n) is 6.87. The van der Waals surface area contributed by atoms with Gasteiger partial charge in [-0.05, 0) is 38.1 Å². The van der Waals surface area contributed by atoms with Crippen LogP contribution >= 0.6 is 0 Å². The van der Waals surface area contributed by atoms with Crippen LogP contribution < -0.4 is 10.1 Å². The number of nitrogens with zero attached hydrogens (tertiary/aromatic N) is 1. The van der Waals surface area contributed by atoms with Crippen LogP contribution in [0, 0.1) is 6.92 Å². The minimum atomic E-state index is -0.253. The normalized spacial score (nSPS) is 11.1. The van der Waals surface area contributed by atoms with E-state index in [0.29, 0.717) is 17.0 Å². The van der Waals surface area contributed by atoms with Gasteiger partial charge in [-0.25, -0.2) is 0 Å². The van der Waals surface area contributed by atoms with Crippen LogP contribution in [-0.2, 0) is 4.79 Å². The molecule has 114 valence electrons. The van der Waals surface area contributed by atoms with Gasteiger partial charge in [0.2, 0.25) is 0 Å². The lowest BCUT2D eigenvalue weighted by molar-refractivity contribution is -0.118. The summed E-state index contributed by atoms with van der Waals surface area (Å²) in [4.78, 5) is 11.9. The smallest absolute Gasteiger partial charge is 0.262 e. The Hall–Kier alpha value is -2.82. The zero-order chi connectivity index (χ0) is 15.9. The number of hydrogen-bond acceptors (Lipinski definition) is 4.